The first-order chi connectivity index (χ1) is 7.92. The highest BCUT2D eigenvalue weighted by Crippen LogP contribution is 2.19. The lowest BCUT2D eigenvalue weighted by atomic mass is 10.4. The number of rotatable bonds is 4. The van der Waals surface area contributed by atoms with Gasteiger partial charge in [0.05, 0.1) is 19.8 Å². The second kappa shape index (κ2) is 4.39. The minimum Gasteiger partial charge on any atom is -0.378 e. The number of nitrogens with zero attached hydrogens (tertiary/aromatic N) is 3. The summed E-state index contributed by atoms with van der Waals surface area (Å²) >= 11 is 0. The first-order valence-corrected chi connectivity index (χ1v) is 5.80. The minimum atomic E-state index is 0.665. The van der Waals surface area contributed by atoms with Crippen molar-refractivity contribution in [1.29, 1.82) is 0 Å². The molecule has 0 atom stereocenters. The van der Waals surface area contributed by atoms with Crippen molar-refractivity contribution in [1.82, 2.24) is 15.5 Å². The average molecular weight is 224 g/mol. The van der Waals surface area contributed by atoms with Crippen LogP contribution >= 0.6 is 0 Å². The maximum atomic E-state index is 5.28. The van der Waals surface area contributed by atoms with E-state index in [2.05, 4.69) is 20.4 Å². The van der Waals surface area contributed by atoms with Crippen molar-refractivity contribution in [3.63, 3.8) is 0 Å². The van der Waals surface area contributed by atoms with Crippen LogP contribution in [0.3, 0.4) is 0 Å². The molecule has 2 heterocycles. The number of anilines is 1. The normalized spacial score (nSPS) is 21.4. The molecule has 0 amide bonds. The molecule has 1 saturated heterocycles. The second-order valence-corrected chi connectivity index (χ2v) is 4.24. The Kier molecular flexibility index (Phi) is 2.75. The highest BCUT2D eigenvalue weighted by atomic mass is 16.5. The minimum absolute atomic E-state index is 0.665. The van der Waals surface area contributed by atoms with Crippen LogP contribution in [0.5, 0.6) is 0 Å². The van der Waals surface area contributed by atoms with Crippen molar-refractivity contribution in [2.45, 2.75) is 25.4 Å². The molecule has 1 N–H and O–H groups in total. The van der Waals surface area contributed by atoms with E-state index in [-0.39, 0.29) is 0 Å². The summed E-state index contributed by atoms with van der Waals surface area (Å²) < 4.78 is 10.5. The van der Waals surface area contributed by atoms with E-state index in [0.29, 0.717) is 24.4 Å². The van der Waals surface area contributed by atoms with Crippen molar-refractivity contribution in [2.75, 3.05) is 31.2 Å². The highest BCUT2D eigenvalue weighted by molar-refractivity contribution is 5.27. The molecule has 0 bridgehead atoms. The summed E-state index contributed by atoms with van der Waals surface area (Å²) in [5.74, 6) is 1.37. The summed E-state index contributed by atoms with van der Waals surface area (Å²) in [6.07, 6.45) is 2.54. The van der Waals surface area contributed by atoms with Gasteiger partial charge >= 0.3 is 0 Å². The van der Waals surface area contributed by atoms with Gasteiger partial charge in [0.2, 0.25) is 5.89 Å². The molecule has 3 rings (SSSR count). The van der Waals surface area contributed by atoms with Crippen LogP contribution in [0, 0.1) is 0 Å². The molecule has 1 aromatic rings. The van der Waals surface area contributed by atoms with Crippen LogP contribution in [0.4, 0.5) is 5.95 Å². The largest absolute Gasteiger partial charge is 0.378 e. The quantitative estimate of drug-likeness (QED) is 0.786. The van der Waals surface area contributed by atoms with Gasteiger partial charge < -0.3 is 19.5 Å². The summed E-state index contributed by atoms with van der Waals surface area (Å²) in [7, 11) is 0. The van der Waals surface area contributed by atoms with Crippen LogP contribution in [0.1, 0.15) is 18.7 Å². The van der Waals surface area contributed by atoms with Gasteiger partial charge in [-0.2, -0.15) is 4.98 Å². The Bertz CT molecular complexity index is 344. The van der Waals surface area contributed by atoms with Crippen LogP contribution in [-0.2, 0) is 11.3 Å². The molecule has 6 nitrogen and oxygen atoms in total. The second-order valence-electron chi connectivity index (χ2n) is 4.24. The number of hydrogen-bond acceptors (Lipinski definition) is 6. The summed E-state index contributed by atoms with van der Waals surface area (Å²) in [5.41, 5.74) is 0. The molecule has 88 valence electrons. The van der Waals surface area contributed by atoms with Crippen LogP contribution in [0.25, 0.3) is 0 Å². The highest BCUT2D eigenvalue weighted by Gasteiger charge is 2.22. The number of hydrogen-bond donors (Lipinski definition) is 1. The number of nitrogens with one attached hydrogen (secondary N) is 1. The molecule has 16 heavy (non-hydrogen) atoms. The summed E-state index contributed by atoms with van der Waals surface area (Å²) in [5, 5.41) is 7.33. The average Bonchev–Trinajstić information content (AvgIpc) is 3.05. The summed E-state index contributed by atoms with van der Waals surface area (Å²) in [6, 6.07) is 0.665. The first-order valence-electron chi connectivity index (χ1n) is 5.80. The van der Waals surface area contributed by atoms with Crippen LogP contribution in [-0.4, -0.2) is 42.5 Å². The fourth-order valence-corrected chi connectivity index (χ4v) is 1.73. The van der Waals surface area contributed by atoms with Gasteiger partial charge in [0.25, 0.3) is 5.95 Å². The van der Waals surface area contributed by atoms with Crippen molar-refractivity contribution < 1.29 is 9.26 Å². The third-order valence-electron chi connectivity index (χ3n) is 2.87. The van der Waals surface area contributed by atoms with Gasteiger partial charge in [0.1, 0.15) is 0 Å². The van der Waals surface area contributed by atoms with Gasteiger partial charge in [-0.05, 0) is 18.0 Å². The zero-order valence-corrected chi connectivity index (χ0v) is 9.19. The van der Waals surface area contributed by atoms with Crippen LogP contribution < -0.4 is 10.2 Å². The van der Waals surface area contributed by atoms with Gasteiger partial charge in [-0.1, -0.05) is 0 Å². The molecule has 2 aliphatic rings. The fraction of sp³-hybridized carbons (Fsp3) is 0.800. The molecule has 1 aliphatic heterocycles. The Balaban J connectivity index is 1.57. The predicted octanol–water partition coefficient (Wildman–Crippen LogP) is 0.158. The van der Waals surface area contributed by atoms with E-state index < -0.39 is 0 Å². The molecule has 0 radical (unpaired) electrons. The molecular formula is C10H16N4O2. The monoisotopic (exact) mass is 224 g/mol. The topological polar surface area (TPSA) is 63.4 Å². The number of ether oxygens (including phenoxy) is 1. The Hall–Kier alpha value is -1.14. The third kappa shape index (κ3) is 2.33. The zero-order chi connectivity index (χ0) is 10.8. The van der Waals surface area contributed by atoms with E-state index in [1.807, 2.05) is 0 Å². The summed E-state index contributed by atoms with van der Waals surface area (Å²) in [4.78, 5) is 6.45. The molecule has 6 heteroatoms. The molecule has 2 fully saturated rings. The Morgan fingerprint density at radius 2 is 2.12 bits per heavy atom. The van der Waals surface area contributed by atoms with Gasteiger partial charge in [0.15, 0.2) is 0 Å². The predicted molar refractivity (Wildman–Crippen MR) is 57.2 cm³/mol. The van der Waals surface area contributed by atoms with Crippen molar-refractivity contribution >= 4 is 5.95 Å². The third-order valence-corrected chi connectivity index (χ3v) is 2.87. The van der Waals surface area contributed by atoms with Gasteiger partial charge in [-0.15, -0.1) is 0 Å². The maximum Gasteiger partial charge on any atom is 0.266 e. The van der Waals surface area contributed by atoms with Crippen molar-refractivity contribution in [2.24, 2.45) is 0 Å². The van der Waals surface area contributed by atoms with E-state index in [1.54, 1.807) is 0 Å². The van der Waals surface area contributed by atoms with Gasteiger partial charge in [-0.3, -0.25) is 0 Å². The maximum absolute atomic E-state index is 5.28. The van der Waals surface area contributed by atoms with E-state index in [9.17, 15) is 0 Å². The molecule has 1 aromatic heterocycles. The van der Waals surface area contributed by atoms with E-state index in [1.165, 1.54) is 12.8 Å². The Labute approximate surface area is 93.9 Å². The Morgan fingerprint density at radius 1 is 1.31 bits per heavy atom. The van der Waals surface area contributed by atoms with Crippen molar-refractivity contribution in [3.05, 3.63) is 5.89 Å². The van der Waals surface area contributed by atoms with Crippen molar-refractivity contribution in [3.8, 4) is 0 Å². The fourth-order valence-electron chi connectivity index (χ4n) is 1.73. The molecule has 1 saturated carbocycles. The van der Waals surface area contributed by atoms with Crippen LogP contribution in [0.15, 0.2) is 4.52 Å². The van der Waals surface area contributed by atoms with Crippen LogP contribution in [0.2, 0.25) is 0 Å². The number of morpholine rings is 1. The van der Waals surface area contributed by atoms with E-state index in [4.69, 9.17) is 9.26 Å². The SMILES string of the molecule is C1CN(c2noc(CNC3CC3)n2)CCO1. The Morgan fingerprint density at radius 3 is 2.88 bits per heavy atom. The summed E-state index contributed by atoms with van der Waals surface area (Å²) in [6.45, 7) is 3.85. The molecule has 0 spiro atoms. The smallest absolute Gasteiger partial charge is 0.266 e. The first kappa shape index (κ1) is 10.0. The number of aromatic nitrogens is 2. The lowest BCUT2D eigenvalue weighted by molar-refractivity contribution is 0.121. The molecular weight excluding hydrogens is 208 g/mol. The van der Waals surface area contributed by atoms with E-state index in [0.717, 1.165) is 26.3 Å². The van der Waals surface area contributed by atoms with Gasteiger partial charge in [0, 0.05) is 19.1 Å². The standard InChI is InChI=1S/C10H16N4O2/c1-2-8(1)11-7-9-12-10(13-16-9)14-3-5-15-6-4-14/h8,11H,1-7H2. The molecule has 0 unspecified atom stereocenters. The molecule has 0 aromatic carbocycles. The lowest BCUT2D eigenvalue weighted by Gasteiger charge is -2.24. The molecule has 1 aliphatic carbocycles. The van der Waals surface area contributed by atoms with E-state index >= 15 is 0 Å². The zero-order valence-electron chi connectivity index (χ0n) is 9.19. The lowest BCUT2D eigenvalue weighted by Crippen LogP contribution is -2.36. The van der Waals surface area contributed by atoms with Gasteiger partial charge in [-0.25, -0.2) is 0 Å².